The number of hydrogen-bond acceptors (Lipinski definition) is 6. The smallest absolute Gasteiger partial charge is 0.417 e. The van der Waals surface area contributed by atoms with Gasteiger partial charge in [-0.05, 0) is 18.9 Å². The van der Waals surface area contributed by atoms with Gasteiger partial charge in [-0.15, -0.1) is 0 Å². The lowest BCUT2D eigenvalue weighted by Gasteiger charge is -2.29. The summed E-state index contributed by atoms with van der Waals surface area (Å²) in [6.07, 6.45) is -2.38. The van der Waals surface area contributed by atoms with Crippen LogP contribution in [0.25, 0.3) is 11.4 Å². The second-order valence-corrected chi connectivity index (χ2v) is 6.29. The van der Waals surface area contributed by atoms with Gasteiger partial charge in [0, 0.05) is 32.4 Å². The first-order valence-electron chi connectivity index (χ1n) is 8.20. The highest BCUT2D eigenvalue weighted by molar-refractivity contribution is 5.76. The van der Waals surface area contributed by atoms with Gasteiger partial charge in [0.2, 0.25) is 17.6 Å². The van der Waals surface area contributed by atoms with Gasteiger partial charge < -0.3 is 18.9 Å². The van der Waals surface area contributed by atoms with Crippen LogP contribution in [0.2, 0.25) is 0 Å². The van der Waals surface area contributed by atoms with Crippen molar-refractivity contribution in [3.05, 3.63) is 24.5 Å². The van der Waals surface area contributed by atoms with Crippen LogP contribution in [-0.2, 0) is 11.2 Å². The van der Waals surface area contributed by atoms with Crippen LogP contribution in [0.3, 0.4) is 0 Å². The molecule has 3 rings (SSSR count). The highest BCUT2D eigenvalue weighted by Gasteiger charge is 2.53. The highest BCUT2D eigenvalue weighted by atomic mass is 19.4. The number of carbonyl (C=O) groups excluding carboxylic acids is 1. The molecule has 0 aliphatic carbocycles. The van der Waals surface area contributed by atoms with Crippen LogP contribution in [-0.4, -0.2) is 50.9 Å². The fourth-order valence-electron chi connectivity index (χ4n) is 2.89. The van der Waals surface area contributed by atoms with Gasteiger partial charge in [-0.25, -0.2) is 0 Å². The molecular formula is C16H18F3N3O4. The van der Waals surface area contributed by atoms with Crippen molar-refractivity contribution in [1.82, 2.24) is 15.0 Å². The molecule has 1 N–H and O–H groups in total. The molecule has 1 saturated heterocycles. The Bertz CT molecular complexity index is 744. The quantitative estimate of drug-likeness (QED) is 0.886. The third kappa shape index (κ3) is 3.90. The second-order valence-electron chi connectivity index (χ2n) is 6.29. The largest absolute Gasteiger partial charge is 0.472 e. The Morgan fingerprint density at radius 3 is 2.85 bits per heavy atom. The molecule has 3 heterocycles. The van der Waals surface area contributed by atoms with E-state index >= 15 is 0 Å². The third-order valence-electron chi connectivity index (χ3n) is 4.49. The average molecular weight is 373 g/mol. The lowest BCUT2D eigenvalue weighted by Crippen LogP contribution is -2.46. The number of hydrogen-bond donors (Lipinski definition) is 1. The zero-order valence-corrected chi connectivity index (χ0v) is 13.8. The summed E-state index contributed by atoms with van der Waals surface area (Å²) < 4.78 is 48.8. The Hall–Kier alpha value is -2.36. The Morgan fingerprint density at radius 2 is 2.15 bits per heavy atom. The Kier molecular flexibility index (Phi) is 5.03. The maximum absolute atomic E-state index is 12.9. The van der Waals surface area contributed by atoms with Crippen molar-refractivity contribution in [2.24, 2.45) is 0 Å². The third-order valence-corrected chi connectivity index (χ3v) is 4.49. The van der Waals surface area contributed by atoms with Crippen molar-refractivity contribution in [2.45, 2.75) is 43.9 Å². The van der Waals surface area contributed by atoms with Crippen LogP contribution in [0.5, 0.6) is 0 Å². The molecule has 0 aromatic carbocycles. The zero-order chi connectivity index (χ0) is 18.8. The van der Waals surface area contributed by atoms with Crippen molar-refractivity contribution in [3.63, 3.8) is 0 Å². The molecular weight excluding hydrogens is 355 g/mol. The SMILES string of the molecule is O=C(CCc1nc(-c2ccoc2)no1)N1CCCC(O)(C(F)(F)F)CC1. The van der Waals surface area contributed by atoms with Crippen LogP contribution in [0.1, 0.15) is 31.6 Å². The molecule has 1 aliphatic heterocycles. The number of amides is 1. The fraction of sp³-hybridized carbons (Fsp3) is 0.562. The van der Waals surface area contributed by atoms with E-state index in [0.29, 0.717) is 11.4 Å². The van der Waals surface area contributed by atoms with E-state index in [0.717, 1.165) is 0 Å². The molecule has 1 unspecified atom stereocenters. The molecule has 1 aliphatic rings. The number of aliphatic hydroxyl groups is 1. The van der Waals surface area contributed by atoms with Crippen molar-refractivity contribution in [1.29, 1.82) is 0 Å². The highest BCUT2D eigenvalue weighted by Crippen LogP contribution is 2.38. The van der Waals surface area contributed by atoms with E-state index in [1.807, 2.05) is 0 Å². The Labute approximate surface area is 146 Å². The van der Waals surface area contributed by atoms with Crippen molar-refractivity contribution >= 4 is 5.91 Å². The lowest BCUT2D eigenvalue weighted by atomic mass is 9.94. The van der Waals surface area contributed by atoms with Gasteiger partial charge in [-0.3, -0.25) is 4.79 Å². The molecule has 0 saturated carbocycles. The van der Waals surface area contributed by atoms with Crippen molar-refractivity contribution in [3.8, 4) is 11.4 Å². The zero-order valence-electron chi connectivity index (χ0n) is 13.8. The summed E-state index contributed by atoms with van der Waals surface area (Å²) in [5.74, 6) is 0.293. The topological polar surface area (TPSA) is 92.6 Å². The van der Waals surface area contributed by atoms with Crippen LogP contribution in [0.4, 0.5) is 13.2 Å². The maximum Gasteiger partial charge on any atom is 0.417 e. The van der Waals surface area contributed by atoms with Crippen molar-refractivity contribution < 1.29 is 32.0 Å². The molecule has 1 fully saturated rings. The number of alkyl halides is 3. The molecule has 10 heteroatoms. The standard InChI is InChI=1S/C16H18F3N3O4/c17-16(18,19)15(24)5-1-7-22(8-6-15)13(23)3-2-12-20-14(21-26-12)11-4-9-25-10-11/h4,9-10,24H,1-3,5-8H2. The first kappa shape index (κ1) is 18.4. The molecule has 2 aromatic heterocycles. The maximum atomic E-state index is 12.9. The summed E-state index contributed by atoms with van der Waals surface area (Å²) in [7, 11) is 0. The van der Waals surface area contributed by atoms with Gasteiger partial charge in [0.15, 0.2) is 5.60 Å². The normalized spacial score (nSPS) is 21.6. The summed E-state index contributed by atoms with van der Waals surface area (Å²) in [5, 5.41) is 13.6. The van der Waals surface area contributed by atoms with Gasteiger partial charge in [0.1, 0.15) is 6.26 Å². The molecule has 0 radical (unpaired) electrons. The summed E-state index contributed by atoms with van der Waals surface area (Å²) in [6.45, 7) is 0.0419. The van der Waals surface area contributed by atoms with E-state index in [-0.39, 0.29) is 44.1 Å². The van der Waals surface area contributed by atoms with Crippen molar-refractivity contribution in [2.75, 3.05) is 13.1 Å². The molecule has 0 bridgehead atoms. The van der Waals surface area contributed by atoms with Gasteiger partial charge in [0.05, 0.1) is 11.8 Å². The minimum atomic E-state index is -4.70. The molecule has 7 nitrogen and oxygen atoms in total. The van der Waals surface area contributed by atoms with E-state index in [1.54, 1.807) is 6.07 Å². The molecule has 1 amide bonds. The predicted octanol–water partition coefficient (Wildman–Crippen LogP) is 2.57. The molecule has 0 spiro atoms. The first-order valence-corrected chi connectivity index (χ1v) is 8.20. The van der Waals surface area contributed by atoms with E-state index in [4.69, 9.17) is 8.94 Å². The number of furan rings is 1. The minimum Gasteiger partial charge on any atom is -0.472 e. The number of aromatic nitrogens is 2. The number of likely N-dealkylation sites (tertiary alicyclic amines) is 1. The molecule has 142 valence electrons. The monoisotopic (exact) mass is 373 g/mol. The molecule has 2 aromatic rings. The summed E-state index contributed by atoms with van der Waals surface area (Å²) in [6, 6.07) is 1.67. The fourth-order valence-corrected chi connectivity index (χ4v) is 2.89. The molecule has 26 heavy (non-hydrogen) atoms. The second kappa shape index (κ2) is 7.10. The van der Waals surface area contributed by atoms with E-state index in [1.165, 1.54) is 17.4 Å². The van der Waals surface area contributed by atoms with Crippen LogP contribution >= 0.6 is 0 Å². The number of carbonyl (C=O) groups is 1. The molecule has 1 atom stereocenters. The van der Waals surface area contributed by atoms with E-state index < -0.39 is 24.6 Å². The van der Waals surface area contributed by atoms with Gasteiger partial charge in [-0.1, -0.05) is 5.16 Å². The first-order chi connectivity index (χ1) is 12.3. The van der Waals surface area contributed by atoms with Crippen LogP contribution in [0.15, 0.2) is 27.5 Å². The van der Waals surface area contributed by atoms with E-state index in [9.17, 15) is 23.1 Å². The number of rotatable bonds is 4. The Balaban J connectivity index is 1.54. The summed E-state index contributed by atoms with van der Waals surface area (Å²) in [4.78, 5) is 17.8. The van der Waals surface area contributed by atoms with Gasteiger partial charge in [0.25, 0.3) is 0 Å². The predicted molar refractivity (Wildman–Crippen MR) is 81.8 cm³/mol. The summed E-state index contributed by atoms with van der Waals surface area (Å²) in [5.41, 5.74) is -2.08. The van der Waals surface area contributed by atoms with Crippen LogP contribution < -0.4 is 0 Å². The van der Waals surface area contributed by atoms with Gasteiger partial charge in [-0.2, -0.15) is 18.2 Å². The minimum absolute atomic E-state index is 0.0392. The average Bonchev–Trinajstić information content (AvgIpc) is 3.22. The lowest BCUT2D eigenvalue weighted by molar-refractivity contribution is -0.263. The number of halogens is 3. The Morgan fingerprint density at radius 1 is 1.35 bits per heavy atom. The van der Waals surface area contributed by atoms with E-state index in [2.05, 4.69) is 10.1 Å². The van der Waals surface area contributed by atoms with Gasteiger partial charge >= 0.3 is 6.18 Å². The van der Waals surface area contributed by atoms with Crippen LogP contribution in [0, 0.1) is 0 Å². The number of aryl methyl sites for hydroxylation is 1. The number of nitrogens with zero attached hydrogens (tertiary/aromatic N) is 3. The summed E-state index contributed by atoms with van der Waals surface area (Å²) >= 11 is 0.